The van der Waals surface area contributed by atoms with Crippen LogP contribution in [0.15, 0.2) is 23.3 Å². The maximum atomic E-state index is 13.5. The van der Waals surface area contributed by atoms with Crippen molar-refractivity contribution in [3.05, 3.63) is 28.2 Å². The van der Waals surface area contributed by atoms with Gasteiger partial charge in [0.25, 0.3) is 5.91 Å². The molecule has 2 amide bonds. The number of hydrogen-bond acceptors (Lipinski definition) is 7. The van der Waals surface area contributed by atoms with Gasteiger partial charge in [0.15, 0.2) is 5.82 Å². The Labute approximate surface area is 223 Å². The summed E-state index contributed by atoms with van der Waals surface area (Å²) in [5.41, 5.74) is 2.65. The lowest BCUT2D eigenvalue weighted by atomic mass is 9.82. The van der Waals surface area contributed by atoms with Crippen LogP contribution in [0.4, 0.5) is 11.5 Å². The number of aromatic nitrogens is 1. The largest absolute Gasteiger partial charge is 0.477 e. The van der Waals surface area contributed by atoms with Gasteiger partial charge in [0.1, 0.15) is 10.9 Å². The molecule has 2 N–H and O–H groups in total. The zero-order chi connectivity index (χ0) is 26.0. The molecule has 36 heavy (non-hydrogen) atoms. The summed E-state index contributed by atoms with van der Waals surface area (Å²) in [6.45, 7) is 6.00. The topological polar surface area (TPSA) is 112 Å². The van der Waals surface area contributed by atoms with Crippen LogP contribution in [-0.4, -0.2) is 51.3 Å². The molecule has 1 saturated carbocycles. The van der Waals surface area contributed by atoms with Crippen LogP contribution in [0.2, 0.25) is 5.02 Å². The van der Waals surface area contributed by atoms with Gasteiger partial charge in [0.05, 0.1) is 16.3 Å². The van der Waals surface area contributed by atoms with Crippen LogP contribution in [0.5, 0.6) is 0 Å². The normalized spacial score (nSPS) is 21.5. The standard InChI is InChI=1S/C25H29ClN4O4S2/c1-13(2)30(24(32)15-6-4-14(3)5-7-15)19-9-20(36-21(19)25(33)34)16-8-17(26)22(27-10-16)29-23(31)18-11-35-12-28-18/h8-10,12-15,18H,4-7,11H2,1-3H3,(H,33,34)(H,27,29,31). The second kappa shape index (κ2) is 11.3. The summed E-state index contributed by atoms with van der Waals surface area (Å²) in [7, 11) is 0. The molecule has 2 aromatic heterocycles. The van der Waals surface area contributed by atoms with Gasteiger partial charge in [-0.1, -0.05) is 18.5 Å². The summed E-state index contributed by atoms with van der Waals surface area (Å²) in [6.07, 6.45) is 5.18. The lowest BCUT2D eigenvalue weighted by Crippen LogP contribution is -2.42. The number of carbonyl (C=O) groups excluding carboxylic acids is 2. The molecule has 1 aliphatic heterocycles. The fourth-order valence-electron chi connectivity index (χ4n) is 4.51. The number of aromatic carboxylic acids is 1. The maximum absolute atomic E-state index is 13.5. The van der Waals surface area contributed by atoms with Crippen LogP contribution in [0.25, 0.3) is 10.4 Å². The zero-order valence-corrected chi connectivity index (χ0v) is 22.8. The van der Waals surface area contributed by atoms with E-state index in [-0.39, 0.29) is 39.5 Å². The van der Waals surface area contributed by atoms with Crippen LogP contribution in [0.1, 0.15) is 56.1 Å². The third-order valence-corrected chi connectivity index (χ3v) is 8.75. The molecule has 3 heterocycles. The van der Waals surface area contributed by atoms with Gasteiger partial charge in [-0.2, -0.15) is 0 Å². The maximum Gasteiger partial charge on any atom is 0.348 e. The first-order valence-electron chi connectivity index (χ1n) is 12.0. The summed E-state index contributed by atoms with van der Waals surface area (Å²) < 4.78 is 0. The van der Waals surface area contributed by atoms with Gasteiger partial charge in [-0.05, 0) is 57.6 Å². The number of thioether (sulfide) groups is 1. The number of nitrogens with one attached hydrogen (secondary N) is 1. The Morgan fingerprint density at radius 2 is 1.92 bits per heavy atom. The highest BCUT2D eigenvalue weighted by Gasteiger charge is 2.33. The molecule has 11 heteroatoms. The van der Waals surface area contributed by atoms with Crippen molar-refractivity contribution in [1.82, 2.24) is 4.98 Å². The average Bonchev–Trinajstić information content (AvgIpc) is 3.51. The van der Waals surface area contributed by atoms with Crippen LogP contribution < -0.4 is 10.2 Å². The number of carboxylic acid groups (broad SMARTS) is 1. The Bertz CT molecular complexity index is 1190. The van der Waals surface area contributed by atoms with Crippen molar-refractivity contribution >= 4 is 69.5 Å². The van der Waals surface area contributed by atoms with Gasteiger partial charge in [-0.15, -0.1) is 23.1 Å². The third-order valence-electron chi connectivity index (χ3n) is 6.52. The zero-order valence-electron chi connectivity index (χ0n) is 20.4. The van der Waals surface area contributed by atoms with Crippen LogP contribution in [0.3, 0.4) is 0 Å². The van der Waals surface area contributed by atoms with Gasteiger partial charge in [0.2, 0.25) is 5.91 Å². The molecule has 2 aliphatic rings. The molecule has 1 unspecified atom stereocenters. The van der Waals surface area contributed by atoms with E-state index in [1.807, 2.05) is 13.8 Å². The fraction of sp³-hybridized carbons (Fsp3) is 0.480. The number of halogens is 1. The van der Waals surface area contributed by atoms with Gasteiger partial charge < -0.3 is 15.3 Å². The molecule has 1 fully saturated rings. The number of thiophene rings is 1. The SMILES string of the molecule is CC1CCC(C(=O)N(c2cc(-c3cnc(NC(=O)C4CSC=N4)c(Cl)c3)sc2C(=O)O)C(C)C)CC1. The number of carbonyl (C=O) groups is 3. The molecule has 1 atom stereocenters. The molecular weight excluding hydrogens is 520 g/mol. The number of rotatable bonds is 7. The molecule has 8 nitrogen and oxygen atoms in total. The molecule has 0 aromatic carbocycles. The number of carboxylic acids is 1. The molecular formula is C25H29ClN4O4S2. The minimum absolute atomic E-state index is 0.0225. The minimum Gasteiger partial charge on any atom is -0.477 e. The first kappa shape index (κ1) is 26.6. The summed E-state index contributed by atoms with van der Waals surface area (Å²) >= 11 is 8.96. The van der Waals surface area contributed by atoms with E-state index in [0.29, 0.717) is 27.8 Å². The van der Waals surface area contributed by atoms with E-state index < -0.39 is 12.0 Å². The molecule has 1 aliphatic carbocycles. The van der Waals surface area contributed by atoms with Crippen LogP contribution >= 0.6 is 34.7 Å². The first-order chi connectivity index (χ1) is 17.2. The van der Waals surface area contributed by atoms with Gasteiger partial charge in [-0.25, -0.2) is 9.78 Å². The second-order valence-corrected chi connectivity index (χ2v) is 11.9. The number of amides is 2. The van der Waals surface area contributed by atoms with Crippen molar-refractivity contribution in [2.75, 3.05) is 16.0 Å². The van der Waals surface area contributed by atoms with Gasteiger partial charge in [-0.3, -0.25) is 14.6 Å². The Morgan fingerprint density at radius 1 is 1.19 bits per heavy atom. The highest BCUT2D eigenvalue weighted by molar-refractivity contribution is 8.12. The van der Waals surface area contributed by atoms with E-state index in [1.54, 1.807) is 28.8 Å². The van der Waals surface area contributed by atoms with E-state index in [1.165, 1.54) is 11.8 Å². The summed E-state index contributed by atoms with van der Waals surface area (Å²) in [4.78, 5) is 48.8. The summed E-state index contributed by atoms with van der Waals surface area (Å²) in [6, 6.07) is 2.70. The van der Waals surface area contributed by atoms with Crippen molar-refractivity contribution in [2.24, 2.45) is 16.8 Å². The quantitative estimate of drug-likeness (QED) is 0.451. The molecule has 0 spiro atoms. The van der Waals surface area contributed by atoms with Crippen molar-refractivity contribution < 1.29 is 19.5 Å². The third kappa shape index (κ3) is 5.76. The van der Waals surface area contributed by atoms with E-state index in [2.05, 4.69) is 22.2 Å². The Morgan fingerprint density at radius 3 is 2.50 bits per heavy atom. The molecule has 0 saturated heterocycles. The van der Waals surface area contributed by atoms with Crippen molar-refractivity contribution in [3.8, 4) is 10.4 Å². The molecule has 0 radical (unpaired) electrons. The smallest absolute Gasteiger partial charge is 0.348 e. The molecule has 0 bridgehead atoms. The number of pyridine rings is 1. The van der Waals surface area contributed by atoms with E-state index in [9.17, 15) is 19.5 Å². The minimum atomic E-state index is -1.09. The van der Waals surface area contributed by atoms with Crippen LogP contribution in [0, 0.1) is 11.8 Å². The number of nitrogens with zero attached hydrogens (tertiary/aromatic N) is 3. The van der Waals surface area contributed by atoms with Crippen LogP contribution in [-0.2, 0) is 9.59 Å². The summed E-state index contributed by atoms with van der Waals surface area (Å²) in [5, 5.41) is 12.9. The van der Waals surface area contributed by atoms with Crippen molar-refractivity contribution in [3.63, 3.8) is 0 Å². The van der Waals surface area contributed by atoms with E-state index >= 15 is 0 Å². The number of hydrogen-bond donors (Lipinski definition) is 2. The van der Waals surface area contributed by atoms with Gasteiger partial charge in [0, 0.05) is 34.4 Å². The molecule has 2 aromatic rings. The predicted molar refractivity (Wildman–Crippen MR) is 147 cm³/mol. The number of anilines is 2. The van der Waals surface area contributed by atoms with Crippen molar-refractivity contribution in [2.45, 2.75) is 58.5 Å². The fourth-order valence-corrected chi connectivity index (χ4v) is 6.43. The first-order valence-corrected chi connectivity index (χ1v) is 14.2. The average molecular weight is 549 g/mol. The highest BCUT2D eigenvalue weighted by Crippen LogP contribution is 2.40. The second-order valence-electron chi connectivity index (χ2n) is 9.54. The lowest BCUT2D eigenvalue weighted by Gasteiger charge is -2.33. The number of aliphatic imine (C=N–C) groups is 1. The van der Waals surface area contributed by atoms with Gasteiger partial charge >= 0.3 is 5.97 Å². The van der Waals surface area contributed by atoms with Crippen molar-refractivity contribution in [1.29, 1.82) is 0 Å². The lowest BCUT2D eigenvalue weighted by molar-refractivity contribution is -0.124. The highest BCUT2D eigenvalue weighted by atomic mass is 35.5. The molecule has 192 valence electrons. The van der Waals surface area contributed by atoms with E-state index in [4.69, 9.17) is 11.6 Å². The van der Waals surface area contributed by atoms with E-state index in [0.717, 1.165) is 37.0 Å². The molecule has 4 rings (SSSR count). The Kier molecular flexibility index (Phi) is 8.37. The monoisotopic (exact) mass is 548 g/mol. The summed E-state index contributed by atoms with van der Waals surface area (Å²) in [5.74, 6) is -0.0940. The predicted octanol–water partition coefficient (Wildman–Crippen LogP) is 5.81. The Balaban J connectivity index is 1.61. The Hall–Kier alpha value is -2.43.